The molecule has 5 rings (SSSR count). The zero-order chi connectivity index (χ0) is 33.1. The molecule has 46 heavy (non-hydrogen) atoms. The number of aromatic hydroxyl groups is 2. The summed E-state index contributed by atoms with van der Waals surface area (Å²) in [5.74, 6) is -0.267. The molecule has 0 spiro atoms. The standard InChI is InChI=1S/C19H15N3O5.C13H10BrFN2O2/c23-17-12-13(22(25)26)10-11-15(17)20-19(24)21-16-8-4-5-9-18(16)27-14-6-2-1-3-7-14;14-9-3-1-2-4-10(9)16-13(19)17-11-6-5-8(15)7-12(11)18/h1-12,23H,(H2,20,21,24);1-7,18H,(H2,16,17,19). The van der Waals surface area contributed by atoms with Crippen molar-refractivity contribution in [2.45, 2.75) is 0 Å². The molecule has 234 valence electrons. The molecule has 12 nitrogen and oxygen atoms in total. The molecule has 6 N–H and O–H groups in total. The summed E-state index contributed by atoms with van der Waals surface area (Å²) < 4.78 is 19.3. The number of nitrogens with one attached hydrogen (secondary N) is 4. The number of non-ortho nitro benzene ring substituents is 1. The van der Waals surface area contributed by atoms with Crippen molar-refractivity contribution in [2.24, 2.45) is 0 Å². The van der Waals surface area contributed by atoms with Gasteiger partial charge in [0.2, 0.25) is 0 Å². The van der Waals surface area contributed by atoms with Crippen molar-refractivity contribution in [3.05, 3.63) is 136 Å². The molecular formula is C32H25BrFN5O7. The molecule has 0 bridgehead atoms. The number of nitrogens with zero attached hydrogens (tertiary/aromatic N) is 1. The Hall–Kier alpha value is -6.15. The molecule has 0 atom stereocenters. The average Bonchev–Trinajstić information content (AvgIpc) is 3.02. The van der Waals surface area contributed by atoms with Crippen molar-refractivity contribution >= 4 is 56.4 Å². The second kappa shape index (κ2) is 15.5. The molecule has 0 aliphatic heterocycles. The van der Waals surface area contributed by atoms with Gasteiger partial charge >= 0.3 is 12.1 Å². The van der Waals surface area contributed by atoms with E-state index in [-0.39, 0.29) is 22.8 Å². The molecule has 4 amide bonds. The fourth-order valence-electron chi connectivity index (χ4n) is 3.74. The Morgan fingerprint density at radius 2 is 1.20 bits per heavy atom. The predicted octanol–water partition coefficient (Wildman–Crippen LogP) is 8.67. The maximum absolute atomic E-state index is 12.8. The number of ether oxygens (including phenoxy) is 1. The molecule has 0 saturated carbocycles. The Balaban J connectivity index is 0.000000222. The number of nitro groups is 1. The van der Waals surface area contributed by atoms with E-state index < -0.39 is 28.6 Å². The number of amides is 4. The fraction of sp³-hybridized carbons (Fsp3) is 0. The summed E-state index contributed by atoms with van der Waals surface area (Å²) >= 11 is 3.29. The van der Waals surface area contributed by atoms with Crippen LogP contribution in [0.25, 0.3) is 0 Å². The molecule has 0 aliphatic carbocycles. The number of para-hydroxylation sites is 4. The minimum atomic E-state index is -0.638. The van der Waals surface area contributed by atoms with Gasteiger partial charge in [-0.15, -0.1) is 0 Å². The van der Waals surface area contributed by atoms with E-state index in [9.17, 15) is 34.3 Å². The second-order valence-corrected chi connectivity index (χ2v) is 10.0. The number of urea groups is 2. The van der Waals surface area contributed by atoms with Crippen molar-refractivity contribution < 1.29 is 33.9 Å². The number of phenolic OH excluding ortho intramolecular Hbond substituents is 2. The molecule has 0 aliphatic rings. The van der Waals surface area contributed by atoms with Crippen LogP contribution in [0.15, 0.2) is 120 Å². The van der Waals surface area contributed by atoms with Crippen LogP contribution in [0.3, 0.4) is 0 Å². The summed E-state index contributed by atoms with van der Waals surface area (Å²) in [4.78, 5) is 34.0. The lowest BCUT2D eigenvalue weighted by molar-refractivity contribution is -0.384. The van der Waals surface area contributed by atoms with Gasteiger partial charge in [0.1, 0.15) is 23.1 Å². The van der Waals surface area contributed by atoms with Gasteiger partial charge in [0.05, 0.1) is 33.7 Å². The summed E-state index contributed by atoms with van der Waals surface area (Å²) in [7, 11) is 0. The fourth-order valence-corrected chi connectivity index (χ4v) is 4.12. The molecule has 14 heteroatoms. The molecule has 0 fully saturated rings. The number of halogens is 2. The third-order valence-electron chi connectivity index (χ3n) is 5.88. The molecule has 5 aromatic carbocycles. The summed E-state index contributed by atoms with van der Waals surface area (Å²) in [6.45, 7) is 0. The van der Waals surface area contributed by atoms with Gasteiger partial charge in [0, 0.05) is 16.6 Å². The van der Waals surface area contributed by atoms with Crippen LogP contribution in [-0.4, -0.2) is 27.2 Å². The number of hydrogen-bond donors (Lipinski definition) is 6. The van der Waals surface area contributed by atoms with Crippen molar-refractivity contribution in [1.29, 1.82) is 0 Å². The third-order valence-corrected chi connectivity index (χ3v) is 6.57. The van der Waals surface area contributed by atoms with Crippen LogP contribution in [0.2, 0.25) is 0 Å². The van der Waals surface area contributed by atoms with E-state index in [1.807, 2.05) is 24.3 Å². The molecular weight excluding hydrogens is 665 g/mol. The number of nitro benzene ring substituents is 1. The van der Waals surface area contributed by atoms with E-state index >= 15 is 0 Å². The lowest BCUT2D eigenvalue weighted by Crippen LogP contribution is -2.19. The Kier molecular flexibility index (Phi) is 11.1. The van der Waals surface area contributed by atoms with E-state index in [4.69, 9.17) is 4.74 Å². The minimum Gasteiger partial charge on any atom is -0.506 e. The number of hydrogen-bond acceptors (Lipinski definition) is 7. The van der Waals surface area contributed by atoms with Gasteiger partial charge in [-0.2, -0.15) is 0 Å². The lowest BCUT2D eigenvalue weighted by Gasteiger charge is -2.13. The van der Waals surface area contributed by atoms with Crippen LogP contribution in [0.5, 0.6) is 23.0 Å². The highest BCUT2D eigenvalue weighted by molar-refractivity contribution is 9.10. The van der Waals surface area contributed by atoms with Gasteiger partial charge in [-0.3, -0.25) is 10.1 Å². The number of rotatable bonds is 7. The lowest BCUT2D eigenvalue weighted by atomic mass is 10.2. The van der Waals surface area contributed by atoms with Crippen LogP contribution in [0.1, 0.15) is 0 Å². The SMILES string of the molecule is O=C(Nc1ccc(F)cc1O)Nc1ccccc1Br.O=C(Nc1ccc([N+](=O)[O-])cc1O)Nc1ccccc1Oc1ccccc1. The number of carbonyl (C=O) groups is 2. The van der Waals surface area contributed by atoms with Crippen molar-refractivity contribution in [2.75, 3.05) is 21.3 Å². The minimum absolute atomic E-state index is 0.0413. The van der Waals surface area contributed by atoms with Crippen LogP contribution >= 0.6 is 15.9 Å². The van der Waals surface area contributed by atoms with E-state index in [0.717, 1.165) is 22.7 Å². The molecule has 0 unspecified atom stereocenters. The number of anilines is 4. The van der Waals surface area contributed by atoms with Gasteiger partial charge in [-0.25, -0.2) is 14.0 Å². The average molecular weight is 690 g/mol. The van der Waals surface area contributed by atoms with Gasteiger partial charge in [0.25, 0.3) is 5.69 Å². The third kappa shape index (κ3) is 9.42. The van der Waals surface area contributed by atoms with Crippen LogP contribution in [0.4, 0.5) is 42.4 Å². The highest BCUT2D eigenvalue weighted by atomic mass is 79.9. The molecule has 0 saturated heterocycles. The van der Waals surface area contributed by atoms with Crippen LogP contribution in [0, 0.1) is 15.9 Å². The predicted molar refractivity (Wildman–Crippen MR) is 175 cm³/mol. The van der Waals surface area contributed by atoms with Gasteiger partial charge in [-0.05, 0) is 70.5 Å². The maximum Gasteiger partial charge on any atom is 0.323 e. The molecule has 0 heterocycles. The van der Waals surface area contributed by atoms with E-state index in [0.29, 0.717) is 22.9 Å². The van der Waals surface area contributed by atoms with Gasteiger partial charge in [-0.1, -0.05) is 42.5 Å². The molecule has 0 aromatic heterocycles. The summed E-state index contributed by atoms with van der Waals surface area (Å²) in [6.07, 6.45) is 0. The van der Waals surface area contributed by atoms with Crippen molar-refractivity contribution in [1.82, 2.24) is 0 Å². The van der Waals surface area contributed by atoms with Crippen molar-refractivity contribution in [3.8, 4) is 23.0 Å². The first kappa shape index (κ1) is 32.8. The highest BCUT2D eigenvalue weighted by Crippen LogP contribution is 2.31. The van der Waals surface area contributed by atoms with Crippen LogP contribution in [-0.2, 0) is 0 Å². The Morgan fingerprint density at radius 1 is 0.674 bits per heavy atom. The topological polar surface area (TPSA) is 175 Å². The maximum atomic E-state index is 12.8. The summed E-state index contributed by atoms with van der Waals surface area (Å²) in [6, 6.07) is 28.6. The summed E-state index contributed by atoms with van der Waals surface area (Å²) in [5, 5.41) is 40.1. The second-order valence-electron chi connectivity index (χ2n) is 9.17. The Bertz CT molecular complexity index is 1860. The molecule has 0 radical (unpaired) electrons. The normalized spacial score (nSPS) is 10.0. The smallest absolute Gasteiger partial charge is 0.323 e. The first-order chi connectivity index (χ1) is 22.1. The highest BCUT2D eigenvalue weighted by Gasteiger charge is 2.14. The first-order valence-electron chi connectivity index (χ1n) is 13.3. The first-order valence-corrected chi connectivity index (χ1v) is 14.1. The van der Waals surface area contributed by atoms with E-state index in [1.165, 1.54) is 18.2 Å². The monoisotopic (exact) mass is 689 g/mol. The van der Waals surface area contributed by atoms with E-state index in [1.54, 1.807) is 54.6 Å². The Labute approximate surface area is 269 Å². The van der Waals surface area contributed by atoms with Crippen LogP contribution < -0.4 is 26.0 Å². The van der Waals surface area contributed by atoms with Gasteiger partial charge < -0.3 is 36.2 Å². The quantitative estimate of drug-likeness (QED) is 0.0563. The Morgan fingerprint density at radius 3 is 1.80 bits per heavy atom. The zero-order valence-corrected chi connectivity index (χ0v) is 25.2. The number of carbonyl (C=O) groups excluding carboxylic acids is 2. The van der Waals surface area contributed by atoms with E-state index in [2.05, 4.69) is 37.2 Å². The number of phenols is 2. The zero-order valence-electron chi connectivity index (χ0n) is 23.6. The van der Waals surface area contributed by atoms with Gasteiger partial charge in [0.15, 0.2) is 5.75 Å². The molecule has 5 aromatic rings. The number of benzene rings is 5. The summed E-state index contributed by atoms with van der Waals surface area (Å²) in [5.41, 5.74) is 0.896. The van der Waals surface area contributed by atoms with Crippen molar-refractivity contribution in [3.63, 3.8) is 0 Å². The largest absolute Gasteiger partial charge is 0.506 e.